The molecule has 10 heteroatoms. The molecule has 0 spiro atoms. The number of benzene rings is 1. The van der Waals surface area contributed by atoms with Gasteiger partial charge in [-0.3, -0.25) is 9.59 Å². The summed E-state index contributed by atoms with van der Waals surface area (Å²) in [6.07, 6.45) is 1.11. The maximum absolute atomic E-state index is 12.8. The number of carbonyl (C=O) groups is 2. The summed E-state index contributed by atoms with van der Waals surface area (Å²) in [7, 11) is -3.65. The molecule has 150 valence electrons. The molecular formula is C18H20BrN3O4S2. The van der Waals surface area contributed by atoms with Crippen molar-refractivity contribution in [3.63, 3.8) is 0 Å². The summed E-state index contributed by atoms with van der Waals surface area (Å²) in [5.74, 6) is -1.58. The van der Waals surface area contributed by atoms with Gasteiger partial charge in [-0.25, -0.2) is 8.42 Å². The van der Waals surface area contributed by atoms with E-state index < -0.39 is 27.9 Å². The molecule has 0 unspecified atom stereocenters. The van der Waals surface area contributed by atoms with Gasteiger partial charge in [0.25, 0.3) is 10.0 Å². The Morgan fingerprint density at radius 2 is 1.93 bits per heavy atom. The molecule has 2 atom stereocenters. The molecule has 3 N–H and O–H groups in total. The van der Waals surface area contributed by atoms with Crippen LogP contribution in [0.25, 0.3) is 0 Å². The summed E-state index contributed by atoms with van der Waals surface area (Å²) in [5.41, 5.74) is 6.05. The molecule has 2 heterocycles. The standard InChI is InChI=1S/C18H20BrN3O4S2/c19-14-8-9-15(27-14)28(25,26)22-10-4-7-13(11-22)18(24)21-16(17(20)23)12-5-2-1-3-6-12/h1-3,5-6,8-9,13,16H,4,7,10-11H2,(H2,20,23)(H,21,24)/t13-,16-/m0/s1. The second kappa shape index (κ2) is 8.73. The van der Waals surface area contributed by atoms with E-state index in [9.17, 15) is 18.0 Å². The number of hydrogen-bond acceptors (Lipinski definition) is 5. The molecule has 2 amide bonds. The molecular weight excluding hydrogens is 466 g/mol. The van der Waals surface area contributed by atoms with Crippen molar-refractivity contribution in [1.29, 1.82) is 0 Å². The second-order valence-corrected chi connectivity index (χ2v) is 11.1. The Bertz CT molecular complexity index is 962. The number of carbonyl (C=O) groups excluding carboxylic acids is 2. The molecule has 1 aliphatic rings. The van der Waals surface area contributed by atoms with Crippen LogP contribution in [0.5, 0.6) is 0 Å². The molecule has 1 aromatic heterocycles. The van der Waals surface area contributed by atoms with Crippen molar-refractivity contribution in [2.24, 2.45) is 11.7 Å². The van der Waals surface area contributed by atoms with Gasteiger partial charge in [0.05, 0.1) is 9.70 Å². The minimum absolute atomic E-state index is 0.0734. The molecule has 0 aliphatic carbocycles. The molecule has 1 aromatic carbocycles. The number of sulfonamides is 1. The van der Waals surface area contributed by atoms with Gasteiger partial charge in [0, 0.05) is 13.1 Å². The van der Waals surface area contributed by atoms with Gasteiger partial charge in [0.1, 0.15) is 10.3 Å². The van der Waals surface area contributed by atoms with Crippen LogP contribution in [0.2, 0.25) is 0 Å². The van der Waals surface area contributed by atoms with Gasteiger partial charge in [0.2, 0.25) is 11.8 Å². The maximum Gasteiger partial charge on any atom is 0.252 e. The van der Waals surface area contributed by atoms with Crippen molar-refractivity contribution in [1.82, 2.24) is 9.62 Å². The summed E-state index contributed by atoms with van der Waals surface area (Å²) in [6, 6.07) is 11.0. The molecule has 1 saturated heterocycles. The Labute approximate surface area is 176 Å². The van der Waals surface area contributed by atoms with Crippen LogP contribution in [-0.4, -0.2) is 37.6 Å². The lowest BCUT2D eigenvalue weighted by Crippen LogP contribution is -2.47. The number of nitrogens with one attached hydrogen (secondary N) is 1. The summed E-state index contributed by atoms with van der Waals surface area (Å²) < 4.78 is 28.0. The van der Waals surface area contributed by atoms with Crippen LogP contribution in [0.1, 0.15) is 24.4 Å². The van der Waals surface area contributed by atoms with Crippen LogP contribution in [0.15, 0.2) is 50.5 Å². The van der Waals surface area contributed by atoms with Crippen molar-refractivity contribution in [3.8, 4) is 0 Å². The van der Waals surface area contributed by atoms with Crippen molar-refractivity contribution >= 4 is 49.1 Å². The zero-order valence-corrected chi connectivity index (χ0v) is 18.1. The van der Waals surface area contributed by atoms with Crippen LogP contribution in [0.3, 0.4) is 0 Å². The average Bonchev–Trinajstić information content (AvgIpc) is 3.13. The van der Waals surface area contributed by atoms with E-state index in [1.807, 2.05) is 0 Å². The fourth-order valence-corrected chi connectivity index (χ4v) is 6.85. The van der Waals surface area contributed by atoms with Gasteiger partial charge in [-0.05, 0) is 46.5 Å². The third kappa shape index (κ3) is 4.62. The van der Waals surface area contributed by atoms with Crippen molar-refractivity contribution in [2.75, 3.05) is 13.1 Å². The minimum atomic E-state index is -3.65. The fourth-order valence-electron chi connectivity index (χ4n) is 3.16. The van der Waals surface area contributed by atoms with E-state index in [1.165, 1.54) is 4.31 Å². The molecule has 0 saturated carbocycles. The first-order chi connectivity index (χ1) is 13.3. The molecule has 3 rings (SSSR count). The van der Waals surface area contributed by atoms with Crippen LogP contribution in [0.4, 0.5) is 0 Å². The third-order valence-electron chi connectivity index (χ3n) is 4.60. The molecule has 1 fully saturated rings. The van der Waals surface area contributed by atoms with Gasteiger partial charge >= 0.3 is 0 Å². The highest BCUT2D eigenvalue weighted by Crippen LogP contribution is 2.31. The first kappa shape index (κ1) is 21.0. The Morgan fingerprint density at radius 3 is 2.54 bits per heavy atom. The van der Waals surface area contributed by atoms with E-state index in [0.29, 0.717) is 24.9 Å². The van der Waals surface area contributed by atoms with Crippen molar-refractivity contribution in [2.45, 2.75) is 23.1 Å². The number of halogens is 1. The SMILES string of the molecule is NC(=O)[C@@H](NC(=O)[C@H]1CCCN(S(=O)(=O)c2ccc(Br)s2)C1)c1ccccc1. The van der Waals surface area contributed by atoms with E-state index in [0.717, 1.165) is 15.1 Å². The number of amides is 2. The van der Waals surface area contributed by atoms with Crippen LogP contribution in [-0.2, 0) is 19.6 Å². The first-order valence-corrected chi connectivity index (χ1v) is 11.7. The van der Waals surface area contributed by atoms with Crippen LogP contribution in [0, 0.1) is 5.92 Å². The molecule has 7 nitrogen and oxygen atoms in total. The van der Waals surface area contributed by atoms with Gasteiger partial charge in [-0.2, -0.15) is 4.31 Å². The Balaban J connectivity index is 1.73. The Hall–Kier alpha value is -1.75. The average molecular weight is 486 g/mol. The number of rotatable bonds is 6. The van der Waals surface area contributed by atoms with Gasteiger partial charge in [0.15, 0.2) is 0 Å². The van der Waals surface area contributed by atoms with E-state index in [-0.39, 0.29) is 16.7 Å². The minimum Gasteiger partial charge on any atom is -0.368 e. The predicted molar refractivity (Wildman–Crippen MR) is 110 cm³/mol. The van der Waals surface area contributed by atoms with Crippen molar-refractivity contribution in [3.05, 3.63) is 51.8 Å². The number of primary amides is 1. The zero-order chi connectivity index (χ0) is 20.3. The Morgan fingerprint density at radius 1 is 1.21 bits per heavy atom. The number of piperidine rings is 1. The largest absolute Gasteiger partial charge is 0.368 e. The highest BCUT2D eigenvalue weighted by molar-refractivity contribution is 9.11. The van der Waals surface area contributed by atoms with E-state index >= 15 is 0 Å². The summed E-state index contributed by atoms with van der Waals surface area (Å²) in [5, 5.41) is 2.68. The van der Waals surface area contributed by atoms with Crippen LogP contribution < -0.4 is 11.1 Å². The van der Waals surface area contributed by atoms with E-state index in [4.69, 9.17) is 5.73 Å². The lowest BCUT2D eigenvalue weighted by atomic mass is 9.97. The normalized spacial score (nSPS) is 19.1. The molecule has 0 radical (unpaired) electrons. The van der Waals surface area contributed by atoms with E-state index in [1.54, 1.807) is 42.5 Å². The van der Waals surface area contributed by atoms with E-state index in [2.05, 4.69) is 21.2 Å². The quantitative estimate of drug-likeness (QED) is 0.653. The van der Waals surface area contributed by atoms with Gasteiger partial charge in [-0.15, -0.1) is 11.3 Å². The lowest BCUT2D eigenvalue weighted by molar-refractivity contribution is -0.130. The lowest BCUT2D eigenvalue weighted by Gasteiger charge is -2.31. The summed E-state index contributed by atoms with van der Waals surface area (Å²) in [4.78, 5) is 24.6. The third-order valence-corrected chi connectivity index (χ3v) is 8.56. The predicted octanol–water partition coefficient (Wildman–Crippen LogP) is 2.25. The van der Waals surface area contributed by atoms with Crippen LogP contribution >= 0.6 is 27.3 Å². The molecule has 1 aliphatic heterocycles. The summed E-state index contributed by atoms with van der Waals surface area (Å²) in [6.45, 7) is 0.434. The molecule has 28 heavy (non-hydrogen) atoms. The smallest absolute Gasteiger partial charge is 0.252 e. The molecule has 2 aromatic rings. The highest BCUT2D eigenvalue weighted by atomic mass is 79.9. The second-order valence-electron chi connectivity index (χ2n) is 6.52. The zero-order valence-electron chi connectivity index (χ0n) is 14.9. The maximum atomic E-state index is 12.8. The number of nitrogens with zero attached hydrogens (tertiary/aromatic N) is 1. The molecule has 0 bridgehead atoms. The number of hydrogen-bond donors (Lipinski definition) is 2. The number of nitrogens with two attached hydrogens (primary N) is 1. The first-order valence-electron chi connectivity index (χ1n) is 8.69. The topological polar surface area (TPSA) is 110 Å². The van der Waals surface area contributed by atoms with Crippen molar-refractivity contribution < 1.29 is 18.0 Å². The van der Waals surface area contributed by atoms with Gasteiger partial charge < -0.3 is 11.1 Å². The Kier molecular flexibility index (Phi) is 6.54. The fraction of sp³-hybridized carbons (Fsp3) is 0.333. The summed E-state index contributed by atoms with van der Waals surface area (Å²) >= 11 is 4.41. The monoisotopic (exact) mass is 485 g/mol. The van der Waals surface area contributed by atoms with Gasteiger partial charge in [-0.1, -0.05) is 30.3 Å². The number of thiophene rings is 1. The highest BCUT2D eigenvalue weighted by Gasteiger charge is 2.35.